The van der Waals surface area contributed by atoms with Crippen molar-refractivity contribution >= 4 is 0 Å². The second-order valence-electron chi connectivity index (χ2n) is 7.86. The lowest BCUT2D eigenvalue weighted by atomic mass is 9.59. The Morgan fingerprint density at radius 3 is 2.86 bits per heavy atom. The van der Waals surface area contributed by atoms with Gasteiger partial charge in [0.15, 0.2) is 0 Å². The molecule has 2 heteroatoms. The Morgan fingerprint density at radius 1 is 1.33 bits per heavy atom. The molecule has 2 bridgehead atoms. The molecule has 0 aromatic heterocycles. The van der Waals surface area contributed by atoms with Gasteiger partial charge in [-0.25, -0.2) is 0 Å². The normalized spacial score (nSPS) is 36.1. The largest absolute Gasteiger partial charge is 0.508 e. The number of benzene rings is 1. The maximum atomic E-state index is 9.89. The highest BCUT2D eigenvalue weighted by Crippen LogP contribution is 2.49. The monoisotopic (exact) mass is 285 g/mol. The highest BCUT2D eigenvalue weighted by atomic mass is 16.3. The van der Waals surface area contributed by atoms with E-state index in [0.29, 0.717) is 17.7 Å². The van der Waals surface area contributed by atoms with Crippen LogP contribution in [0.3, 0.4) is 0 Å². The first kappa shape index (κ1) is 13.6. The zero-order valence-electron chi connectivity index (χ0n) is 13.3. The van der Waals surface area contributed by atoms with Crippen LogP contribution in [0.2, 0.25) is 0 Å². The van der Waals surface area contributed by atoms with E-state index in [1.165, 1.54) is 56.3 Å². The Bertz CT molecular complexity index is 550. The quantitative estimate of drug-likeness (QED) is 0.895. The summed E-state index contributed by atoms with van der Waals surface area (Å²) in [7, 11) is 0. The number of hydrogen-bond donors (Lipinski definition) is 1. The fraction of sp³-hybridized carbons (Fsp3) is 0.684. The van der Waals surface area contributed by atoms with Crippen LogP contribution < -0.4 is 0 Å². The maximum Gasteiger partial charge on any atom is 0.115 e. The number of aromatic hydroxyl groups is 1. The molecule has 1 saturated carbocycles. The number of piperidine rings is 1. The SMILES string of the molecule is C[C@H]1[C@H]2Cc3ccc(O)cc3[C@]1(C)CCN2CC1CCC1. The van der Waals surface area contributed by atoms with Crippen molar-refractivity contribution in [2.45, 2.75) is 57.4 Å². The number of phenolic OH excluding ortho intramolecular Hbond substituents is 1. The molecular weight excluding hydrogens is 258 g/mol. The number of hydrogen-bond acceptors (Lipinski definition) is 2. The molecule has 0 amide bonds. The first-order valence-electron chi connectivity index (χ1n) is 8.64. The van der Waals surface area contributed by atoms with Crippen LogP contribution in [0.5, 0.6) is 5.75 Å². The molecule has 0 radical (unpaired) electrons. The van der Waals surface area contributed by atoms with Gasteiger partial charge in [-0.15, -0.1) is 0 Å². The molecule has 21 heavy (non-hydrogen) atoms. The van der Waals surface area contributed by atoms with Crippen molar-refractivity contribution in [1.29, 1.82) is 0 Å². The van der Waals surface area contributed by atoms with Crippen molar-refractivity contribution in [3.8, 4) is 5.75 Å². The minimum Gasteiger partial charge on any atom is -0.508 e. The van der Waals surface area contributed by atoms with Gasteiger partial charge in [-0.3, -0.25) is 4.90 Å². The molecule has 1 aliphatic heterocycles. The van der Waals surface area contributed by atoms with Crippen LogP contribution in [0.4, 0.5) is 0 Å². The Morgan fingerprint density at radius 2 is 2.14 bits per heavy atom. The van der Waals surface area contributed by atoms with E-state index in [0.717, 1.165) is 5.92 Å². The van der Waals surface area contributed by atoms with E-state index in [-0.39, 0.29) is 5.41 Å². The van der Waals surface area contributed by atoms with E-state index in [4.69, 9.17) is 0 Å². The third-order valence-electron chi connectivity index (χ3n) is 6.82. The first-order chi connectivity index (χ1) is 10.1. The molecule has 4 rings (SSSR count). The molecule has 1 aromatic rings. The van der Waals surface area contributed by atoms with E-state index in [2.05, 4.69) is 24.8 Å². The molecule has 0 unspecified atom stereocenters. The van der Waals surface area contributed by atoms with Gasteiger partial charge in [-0.2, -0.15) is 0 Å². The number of phenols is 1. The van der Waals surface area contributed by atoms with Gasteiger partial charge in [-0.1, -0.05) is 26.3 Å². The Labute approximate surface area is 128 Å². The summed E-state index contributed by atoms with van der Waals surface area (Å²) < 4.78 is 0. The summed E-state index contributed by atoms with van der Waals surface area (Å²) in [6.45, 7) is 7.41. The van der Waals surface area contributed by atoms with Crippen LogP contribution in [-0.4, -0.2) is 29.1 Å². The second kappa shape index (κ2) is 4.74. The Balaban J connectivity index is 1.66. The van der Waals surface area contributed by atoms with E-state index >= 15 is 0 Å². The molecule has 1 heterocycles. The Kier molecular flexibility index (Phi) is 3.08. The number of likely N-dealkylation sites (tertiary alicyclic amines) is 1. The fourth-order valence-electron chi connectivity index (χ4n) is 4.93. The smallest absolute Gasteiger partial charge is 0.115 e. The lowest BCUT2D eigenvalue weighted by molar-refractivity contribution is 0.0122. The van der Waals surface area contributed by atoms with Crippen LogP contribution in [0, 0.1) is 11.8 Å². The molecule has 2 aliphatic carbocycles. The van der Waals surface area contributed by atoms with Crippen LogP contribution in [0.15, 0.2) is 18.2 Å². The summed E-state index contributed by atoms with van der Waals surface area (Å²) >= 11 is 0. The van der Waals surface area contributed by atoms with Crippen molar-refractivity contribution in [2.75, 3.05) is 13.1 Å². The number of nitrogens with zero attached hydrogens (tertiary/aromatic N) is 1. The lowest BCUT2D eigenvalue weighted by Crippen LogP contribution is -2.58. The van der Waals surface area contributed by atoms with Gasteiger partial charge in [0.25, 0.3) is 0 Å². The van der Waals surface area contributed by atoms with E-state index in [1.807, 2.05) is 12.1 Å². The summed E-state index contributed by atoms with van der Waals surface area (Å²) in [5.41, 5.74) is 3.12. The molecular formula is C19H27NO. The van der Waals surface area contributed by atoms with Gasteiger partial charge in [0, 0.05) is 12.6 Å². The highest BCUT2D eigenvalue weighted by Gasteiger charge is 2.48. The summed E-state index contributed by atoms with van der Waals surface area (Å²) in [5.74, 6) is 2.07. The number of rotatable bonds is 2. The molecule has 1 aromatic carbocycles. The van der Waals surface area contributed by atoms with E-state index in [1.54, 1.807) is 0 Å². The third-order valence-corrected chi connectivity index (χ3v) is 6.82. The molecule has 3 atom stereocenters. The van der Waals surface area contributed by atoms with Crippen LogP contribution >= 0.6 is 0 Å². The lowest BCUT2D eigenvalue weighted by Gasteiger charge is -2.55. The van der Waals surface area contributed by atoms with Gasteiger partial charge in [0.1, 0.15) is 5.75 Å². The summed E-state index contributed by atoms with van der Waals surface area (Å²) in [4.78, 5) is 2.78. The predicted molar refractivity (Wildman–Crippen MR) is 85.6 cm³/mol. The summed E-state index contributed by atoms with van der Waals surface area (Å²) in [6, 6.07) is 6.75. The molecule has 0 spiro atoms. The van der Waals surface area contributed by atoms with Gasteiger partial charge in [-0.05, 0) is 72.7 Å². The summed E-state index contributed by atoms with van der Waals surface area (Å²) in [5, 5.41) is 9.89. The third kappa shape index (κ3) is 2.03. The van der Waals surface area contributed by atoms with E-state index in [9.17, 15) is 5.11 Å². The summed E-state index contributed by atoms with van der Waals surface area (Å²) in [6.07, 6.45) is 6.73. The predicted octanol–water partition coefficient (Wildman–Crippen LogP) is 3.72. The minimum atomic E-state index is 0.243. The standard InChI is InChI=1S/C19H27NO/c1-13-18-10-15-6-7-16(21)11-17(15)19(13,2)8-9-20(18)12-14-4-3-5-14/h6-7,11,13-14,18,21H,3-5,8-10,12H2,1-2H3/t13-,18+,19+/m0/s1. The zero-order valence-corrected chi connectivity index (χ0v) is 13.3. The average molecular weight is 285 g/mol. The average Bonchev–Trinajstić information content (AvgIpc) is 2.41. The molecule has 1 saturated heterocycles. The molecule has 2 fully saturated rings. The fourth-order valence-corrected chi connectivity index (χ4v) is 4.93. The van der Waals surface area contributed by atoms with Crippen molar-refractivity contribution in [1.82, 2.24) is 4.90 Å². The van der Waals surface area contributed by atoms with Crippen LogP contribution in [-0.2, 0) is 11.8 Å². The maximum absolute atomic E-state index is 9.89. The topological polar surface area (TPSA) is 23.5 Å². The van der Waals surface area contributed by atoms with Crippen LogP contribution in [0.1, 0.15) is 50.7 Å². The van der Waals surface area contributed by atoms with Crippen molar-refractivity contribution in [3.05, 3.63) is 29.3 Å². The minimum absolute atomic E-state index is 0.243. The highest BCUT2D eigenvalue weighted by molar-refractivity contribution is 5.44. The molecule has 1 N–H and O–H groups in total. The second-order valence-corrected chi connectivity index (χ2v) is 7.86. The molecule has 3 aliphatic rings. The van der Waals surface area contributed by atoms with Crippen molar-refractivity contribution in [2.24, 2.45) is 11.8 Å². The van der Waals surface area contributed by atoms with Gasteiger partial charge in [0.05, 0.1) is 0 Å². The van der Waals surface area contributed by atoms with Crippen molar-refractivity contribution in [3.63, 3.8) is 0 Å². The first-order valence-corrected chi connectivity index (χ1v) is 8.64. The van der Waals surface area contributed by atoms with Gasteiger partial charge < -0.3 is 5.11 Å². The number of fused-ring (bicyclic) bond motifs is 4. The van der Waals surface area contributed by atoms with Crippen molar-refractivity contribution < 1.29 is 5.11 Å². The zero-order chi connectivity index (χ0) is 14.6. The molecule has 2 nitrogen and oxygen atoms in total. The Hall–Kier alpha value is -1.02. The van der Waals surface area contributed by atoms with Crippen LogP contribution in [0.25, 0.3) is 0 Å². The van der Waals surface area contributed by atoms with Gasteiger partial charge in [0.2, 0.25) is 0 Å². The van der Waals surface area contributed by atoms with Gasteiger partial charge >= 0.3 is 0 Å². The van der Waals surface area contributed by atoms with E-state index < -0.39 is 0 Å². The molecule has 114 valence electrons.